The molecule has 122 valence electrons. The number of fused-ring (bicyclic) bond motifs is 1. The summed E-state index contributed by atoms with van der Waals surface area (Å²) in [6.07, 6.45) is 2.37. The Hall–Kier alpha value is -2.86. The van der Waals surface area contributed by atoms with Crippen molar-refractivity contribution in [3.05, 3.63) is 65.6 Å². The number of carbonyl (C=O) groups excluding carboxylic acids is 2. The molecule has 1 amide bonds. The molecule has 3 aromatic rings. The van der Waals surface area contributed by atoms with Crippen molar-refractivity contribution in [1.29, 1.82) is 0 Å². The van der Waals surface area contributed by atoms with Gasteiger partial charge >= 0.3 is 5.97 Å². The molecule has 0 saturated carbocycles. The maximum Gasteiger partial charge on any atom is 0.359 e. The van der Waals surface area contributed by atoms with Crippen LogP contribution in [0.4, 0.5) is 5.69 Å². The number of amides is 1. The summed E-state index contributed by atoms with van der Waals surface area (Å²) < 4.78 is 6.87. The average Bonchev–Trinajstić information content (AvgIpc) is 3.01. The molecule has 0 bridgehead atoms. The predicted molar refractivity (Wildman–Crippen MR) is 90.2 cm³/mol. The Balaban J connectivity index is 1.64. The van der Waals surface area contributed by atoms with Gasteiger partial charge in [0, 0.05) is 23.1 Å². The van der Waals surface area contributed by atoms with E-state index in [1.165, 1.54) is 6.92 Å². The van der Waals surface area contributed by atoms with Gasteiger partial charge in [-0.1, -0.05) is 17.7 Å². The molecule has 2 aromatic heterocycles. The van der Waals surface area contributed by atoms with Crippen molar-refractivity contribution in [3.63, 3.8) is 0 Å². The normalized spacial score (nSPS) is 11.9. The fraction of sp³-hybridized carbons (Fsp3) is 0.118. The summed E-state index contributed by atoms with van der Waals surface area (Å²) in [6.45, 7) is 1.50. The summed E-state index contributed by atoms with van der Waals surface area (Å²) >= 11 is 5.79. The van der Waals surface area contributed by atoms with E-state index in [1.54, 1.807) is 47.1 Å². The Morgan fingerprint density at radius 1 is 1.21 bits per heavy atom. The molecule has 0 fully saturated rings. The van der Waals surface area contributed by atoms with Gasteiger partial charge in [-0.2, -0.15) is 0 Å². The van der Waals surface area contributed by atoms with Crippen LogP contribution in [0.5, 0.6) is 0 Å². The molecule has 0 radical (unpaired) electrons. The average molecular weight is 344 g/mol. The van der Waals surface area contributed by atoms with E-state index < -0.39 is 18.0 Å². The molecule has 7 heteroatoms. The number of nitrogens with zero attached hydrogens (tertiary/aromatic N) is 2. The number of benzene rings is 1. The first-order valence-electron chi connectivity index (χ1n) is 7.24. The number of anilines is 1. The number of carbonyl (C=O) groups is 2. The first-order chi connectivity index (χ1) is 11.5. The fourth-order valence-electron chi connectivity index (χ4n) is 2.08. The van der Waals surface area contributed by atoms with Gasteiger partial charge < -0.3 is 14.5 Å². The van der Waals surface area contributed by atoms with Crippen molar-refractivity contribution in [1.82, 2.24) is 9.38 Å². The lowest BCUT2D eigenvalue weighted by molar-refractivity contribution is -0.123. The number of nitrogens with one attached hydrogen (secondary N) is 1. The highest BCUT2D eigenvalue weighted by Crippen LogP contribution is 2.14. The van der Waals surface area contributed by atoms with Crippen LogP contribution in [0, 0.1) is 0 Å². The van der Waals surface area contributed by atoms with Gasteiger partial charge in [-0.25, -0.2) is 9.78 Å². The number of hydrogen-bond donors (Lipinski definition) is 1. The van der Waals surface area contributed by atoms with Crippen LogP contribution >= 0.6 is 11.6 Å². The zero-order chi connectivity index (χ0) is 17.1. The molecule has 0 aliphatic rings. The molecule has 3 rings (SSSR count). The Morgan fingerprint density at radius 2 is 1.96 bits per heavy atom. The largest absolute Gasteiger partial charge is 0.448 e. The highest BCUT2D eigenvalue weighted by molar-refractivity contribution is 6.30. The number of esters is 1. The van der Waals surface area contributed by atoms with Crippen LogP contribution < -0.4 is 5.32 Å². The summed E-state index contributed by atoms with van der Waals surface area (Å²) in [6, 6.07) is 12.1. The molecule has 0 spiro atoms. The van der Waals surface area contributed by atoms with Crippen molar-refractivity contribution < 1.29 is 14.3 Å². The van der Waals surface area contributed by atoms with E-state index in [2.05, 4.69) is 10.3 Å². The Bertz CT molecular complexity index is 856. The number of rotatable bonds is 4. The molecule has 0 unspecified atom stereocenters. The van der Waals surface area contributed by atoms with E-state index in [-0.39, 0.29) is 5.69 Å². The van der Waals surface area contributed by atoms with E-state index >= 15 is 0 Å². The standard InChI is InChI=1S/C17H14ClN3O3/c1-11(16(22)19-13-7-5-12(18)6-8-13)24-17(23)14-10-21-9-3-2-4-15(21)20-14/h2-11H,1H3,(H,19,22)/t11-/m1/s1. The second-order valence-corrected chi connectivity index (χ2v) is 5.57. The van der Waals surface area contributed by atoms with Gasteiger partial charge in [0.15, 0.2) is 11.8 Å². The first-order valence-corrected chi connectivity index (χ1v) is 7.62. The summed E-state index contributed by atoms with van der Waals surface area (Å²) in [5, 5.41) is 3.22. The van der Waals surface area contributed by atoms with E-state index in [0.29, 0.717) is 16.4 Å². The molecule has 1 N–H and O–H groups in total. The van der Waals surface area contributed by atoms with Crippen LogP contribution in [-0.2, 0) is 9.53 Å². The SMILES string of the molecule is C[C@@H](OC(=O)c1cn2ccccc2n1)C(=O)Nc1ccc(Cl)cc1. The highest BCUT2D eigenvalue weighted by atomic mass is 35.5. The van der Waals surface area contributed by atoms with E-state index in [0.717, 1.165) is 0 Å². The lowest BCUT2D eigenvalue weighted by atomic mass is 10.3. The van der Waals surface area contributed by atoms with Crippen LogP contribution in [0.3, 0.4) is 0 Å². The fourth-order valence-corrected chi connectivity index (χ4v) is 2.21. The third-order valence-electron chi connectivity index (χ3n) is 3.34. The third kappa shape index (κ3) is 3.55. The number of ether oxygens (including phenoxy) is 1. The molecule has 0 saturated heterocycles. The Labute approximate surface area is 143 Å². The van der Waals surface area contributed by atoms with Crippen molar-refractivity contribution in [2.75, 3.05) is 5.32 Å². The smallest absolute Gasteiger partial charge is 0.359 e. The molecule has 0 aliphatic carbocycles. The molecule has 24 heavy (non-hydrogen) atoms. The van der Waals surface area contributed by atoms with E-state index in [9.17, 15) is 9.59 Å². The predicted octanol–water partition coefficient (Wildman–Crippen LogP) is 3.17. The zero-order valence-corrected chi connectivity index (χ0v) is 13.5. The van der Waals surface area contributed by atoms with Crippen LogP contribution in [0.25, 0.3) is 5.65 Å². The Morgan fingerprint density at radius 3 is 2.67 bits per heavy atom. The second-order valence-electron chi connectivity index (χ2n) is 5.14. The third-order valence-corrected chi connectivity index (χ3v) is 3.59. The number of imidazole rings is 1. The van der Waals surface area contributed by atoms with Gasteiger partial charge in [0.25, 0.3) is 5.91 Å². The molecule has 1 atom stereocenters. The monoisotopic (exact) mass is 343 g/mol. The second kappa shape index (κ2) is 6.72. The lowest BCUT2D eigenvalue weighted by Gasteiger charge is -2.12. The van der Waals surface area contributed by atoms with Crippen molar-refractivity contribution >= 4 is 34.8 Å². The van der Waals surface area contributed by atoms with E-state index in [1.807, 2.05) is 12.1 Å². The van der Waals surface area contributed by atoms with Crippen molar-refractivity contribution in [2.24, 2.45) is 0 Å². The quantitative estimate of drug-likeness (QED) is 0.738. The van der Waals surface area contributed by atoms with Crippen molar-refractivity contribution in [3.8, 4) is 0 Å². The van der Waals surface area contributed by atoms with Crippen LogP contribution in [0.1, 0.15) is 17.4 Å². The maximum absolute atomic E-state index is 12.1. The minimum absolute atomic E-state index is 0.146. The molecular formula is C17H14ClN3O3. The highest BCUT2D eigenvalue weighted by Gasteiger charge is 2.21. The topological polar surface area (TPSA) is 72.7 Å². The molecule has 6 nitrogen and oxygen atoms in total. The summed E-state index contributed by atoms with van der Waals surface area (Å²) in [7, 11) is 0. The number of halogens is 1. The van der Waals surface area contributed by atoms with Gasteiger partial charge in [-0.05, 0) is 43.3 Å². The first kappa shape index (κ1) is 16.0. The number of aromatic nitrogens is 2. The molecule has 2 heterocycles. The van der Waals surface area contributed by atoms with Crippen LogP contribution in [-0.4, -0.2) is 27.4 Å². The molecule has 0 aliphatic heterocycles. The van der Waals surface area contributed by atoms with E-state index in [4.69, 9.17) is 16.3 Å². The molecular weight excluding hydrogens is 330 g/mol. The van der Waals surface area contributed by atoms with Gasteiger partial charge in [0.2, 0.25) is 0 Å². The van der Waals surface area contributed by atoms with Gasteiger partial charge in [-0.15, -0.1) is 0 Å². The van der Waals surface area contributed by atoms with Crippen LogP contribution in [0.2, 0.25) is 5.02 Å². The van der Waals surface area contributed by atoms with Gasteiger partial charge in [-0.3, -0.25) is 4.79 Å². The summed E-state index contributed by atoms with van der Waals surface area (Å²) in [5.74, 6) is -1.09. The maximum atomic E-state index is 12.1. The zero-order valence-electron chi connectivity index (χ0n) is 12.8. The summed E-state index contributed by atoms with van der Waals surface area (Å²) in [4.78, 5) is 28.4. The van der Waals surface area contributed by atoms with Crippen molar-refractivity contribution in [2.45, 2.75) is 13.0 Å². The lowest BCUT2D eigenvalue weighted by Crippen LogP contribution is -2.30. The molecule has 1 aromatic carbocycles. The van der Waals surface area contributed by atoms with Gasteiger partial charge in [0.1, 0.15) is 5.65 Å². The van der Waals surface area contributed by atoms with Gasteiger partial charge in [0.05, 0.1) is 0 Å². The summed E-state index contributed by atoms with van der Waals surface area (Å²) in [5.41, 5.74) is 1.34. The number of pyridine rings is 1. The number of hydrogen-bond acceptors (Lipinski definition) is 4. The minimum Gasteiger partial charge on any atom is -0.448 e. The minimum atomic E-state index is -0.960. The Kier molecular flexibility index (Phi) is 4.48. The van der Waals surface area contributed by atoms with Crippen LogP contribution in [0.15, 0.2) is 54.9 Å².